The van der Waals surface area contributed by atoms with Crippen molar-refractivity contribution in [3.8, 4) is 0 Å². The molecule has 4 nitrogen and oxygen atoms in total. The standard InChI is InChI=1S/C15H15BrN2O2/c1-10(11-4-6-17-7-5-11)18-9-13-3-2-12(15(19)20)8-14(13)16/h2-8,10,18H,9H2,1H3,(H,19,20)/t10-/m0/s1. The monoisotopic (exact) mass is 334 g/mol. The average molecular weight is 335 g/mol. The molecule has 0 fully saturated rings. The Hall–Kier alpha value is -1.72. The Kier molecular flexibility index (Phi) is 4.87. The SMILES string of the molecule is C[C@H](NCc1ccc(C(=O)O)cc1Br)c1ccncc1. The summed E-state index contributed by atoms with van der Waals surface area (Å²) in [6.07, 6.45) is 3.54. The Morgan fingerprint density at radius 1 is 1.35 bits per heavy atom. The zero-order valence-electron chi connectivity index (χ0n) is 11.0. The van der Waals surface area contributed by atoms with Crippen LogP contribution in [0.2, 0.25) is 0 Å². The highest BCUT2D eigenvalue weighted by Gasteiger charge is 2.08. The molecular weight excluding hydrogens is 320 g/mol. The molecule has 1 aromatic heterocycles. The summed E-state index contributed by atoms with van der Waals surface area (Å²) in [5, 5.41) is 12.3. The minimum atomic E-state index is -0.921. The molecule has 0 aliphatic carbocycles. The summed E-state index contributed by atoms with van der Waals surface area (Å²) in [6.45, 7) is 2.73. The number of nitrogens with one attached hydrogen (secondary N) is 1. The quantitative estimate of drug-likeness (QED) is 0.879. The van der Waals surface area contributed by atoms with Crippen LogP contribution in [-0.2, 0) is 6.54 Å². The van der Waals surface area contributed by atoms with E-state index in [9.17, 15) is 4.79 Å². The lowest BCUT2D eigenvalue weighted by atomic mass is 10.1. The topological polar surface area (TPSA) is 62.2 Å². The summed E-state index contributed by atoms with van der Waals surface area (Å²) >= 11 is 3.41. The molecule has 0 radical (unpaired) electrons. The van der Waals surface area contributed by atoms with E-state index < -0.39 is 5.97 Å². The molecule has 0 aliphatic rings. The van der Waals surface area contributed by atoms with Gasteiger partial charge in [0.05, 0.1) is 5.56 Å². The van der Waals surface area contributed by atoms with Gasteiger partial charge in [0.2, 0.25) is 0 Å². The largest absolute Gasteiger partial charge is 0.478 e. The number of carboxylic acids is 1. The summed E-state index contributed by atoms with van der Waals surface area (Å²) in [6, 6.07) is 9.20. The molecule has 1 heterocycles. The fraction of sp³-hybridized carbons (Fsp3) is 0.200. The summed E-state index contributed by atoms with van der Waals surface area (Å²) in [5.41, 5.74) is 2.47. The van der Waals surface area contributed by atoms with Crippen molar-refractivity contribution in [2.75, 3.05) is 0 Å². The van der Waals surface area contributed by atoms with Crippen molar-refractivity contribution in [1.29, 1.82) is 0 Å². The number of benzene rings is 1. The zero-order chi connectivity index (χ0) is 14.5. The highest BCUT2D eigenvalue weighted by Crippen LogP contribution is 2.20. The molecule has 0 saturated heterocycles. The van der Waals surface area contributed by atoms with Crippen molar-refractivity contribution in [2.45, 2.75) is 19.5 Å². The van der Waals surface area contributed by atoms with Gasteiger partial charge in [0.15, 0.2) is 0 Å². The van der Waals surface area contributed by atoms with Crippen LogP contribution in [0.3, 0.4) is 0 Å². The fourth-order valence-corrected chi connectivity index (χ4v) is 2.38. The van der Waals surface area contributed by atoms with Gasteiger partial charge in [0.25, 0.3) is 0 Å². The second-order valence-corrected chi connectivity index (χ2v) is 5.35. The number of aromatic carboxylic acids is 1. The van der Waals surface area contributed by atoms with Gasteiger partial charge in [-0.25, -0.2) is 4.79 Å². The van der Waals surface area contributed by atoms with E-state index >= 15 is 0 Å². The second-order valence-electron chi connectivity index (χ2n) is 4.49. The molecule has 2 aromatic rings. The van der Waals surface area contributed by atoms with Gasteiger partial charge in [0.1, 0.15) is 0 Å². The third-order valence-corrected chi connectivity index (χ3v) is 3.84. The lowest BCUT2D eigenvalue weighted by molar-refractivity contribution is 0.0697. The number of hydrogen-bond donors (Lipinski definition) is 2. The van der Waals surface area contributed by atoms with Crippen LogP contribution in [0.15, 0.2) is 47.2 Å². The van der Waals surface area contributed by atoms with Crippen molar-refractivity contribution < 1.29 is 9.90 Å². The van der Waals surface area contributed by atoms with E-state index in [4.69, 9.17) is 5.11 Å². The van der Waals surface area contributed by atoms with Crippen LogP contribution in [0, 0.1) is 0 Å². The van der Waals surface area contributed by atoms with Crippen LogP contribution in [0.5, 0.6) is 0 Å². The smallest absolute Gasteiger partial charge is 0.335 e. The second kappa shape index (κ2) is 6.63. The first kappa shape index (κ1) is 14.7. The Balaban J connectivity index is 2.02. The first-order valence-corrected chi connectivity index (χ1v) is 7.02. The summed E-state index contributed by atoms with van der Waals surface area (Å²) < 4.78 is 0.798. The molecule has 1 aromatic carbocycles. The summed E-state index contributed by atoms with van der Waals surface area (Å²) in [7, 11) is 0. The van der Waals surface area contributed by atoms with Crippen LogP contribution in [0.4, 0.5) is 0 Å². The van der Waals surface area contributed by atoms with Crippen LogP contribution < -0.4 is 5.32 Å². The molecule has 2 N–H and O–H groups in total. The highest BCUT2D eigenvalue weighted by atomic mass is 79.9. The lowest BCUT2D eigenvalue weighted by Crippen LogP contribution is -2.18. The maximum absolute atomic E-state index is 10.9. The number of carbonyl (C=O) groups is 1. The highest BCUT2D eigenvalue weighted by molar-refractivity contribution is 9.10. The van der Waals surface area contributed by atoms with Gasteiger partial charge in [-0.15, -0.1) is 0 Å². The van der Waals surface area contributed by atoms with E-state index in [1.165, 1.54) is 5.56 Å². The number of pyridine rings is 1. The van der Waals surface area contributed by atoms with Crippen molar-refractivity contribution in [1.82, 2.24) is 10.3 Å². The predicted octanol–water partition coefficient (Wildman–Crippen LogP) is 3.39. The lowest BCUT2D eigenvalue weighted by Gasteiger charge is -2.15. The van der Waals surface area contributed by atoms with E-state index in [1.807, 2.05) is 18.2 Å². The van der Waals surface area contributed by atoms with Gasteiger partial charge in [-0.3, -0.25) is 4.98 Å². The van der Waals surface area contributed by atoms with Crippen molar-refractivity contribution in [2.24, 2.45) is 0 Å². The van der Waals surface area contributed by atoms with Crippen molar-refractivity contribution in [3.63, 3.8) is 0 Å². The van der Waals surface area contributed by atoms with Crippen molar-refractivity contribution in [3.05, 3.63) is 63.9 Å². The van der Waals surface area contributed by atoms with Gasteiger partial charge in [-0.2, -0.15) is 0 Å². The molecule has 5 heteroatoms. The molecule has 0 bridgehead atoms. The van der Waals surface area contributed by atoms with Gasteiger partial charge in [0, 0.05) is 29.5 Å². The van der Waals surface area contributed by atoms with E-state index in [1.54, 1.807) is 24.5 Å². The normalized spacial score (nSPS) is 12.1. The van der Waals surface area contributed by atoms with E-state index in [-0.39, 0.29) is 11.6 Å². The van der Waals surface area contributed by atoms with Gasteiger partial charge < -0.3 is 10.4 Å². The first-order chi connectivity index (χ1) is 9.58. The zero-order valence-corrected chi connectivity index (χ0v) is 12.6. The number of hydrogen-bond acceptors (Lipinski definition) is 3. The molecule has 20 heavy (non-hydrogen) atoms. The Labute approximate surface area is 126 Å². The molecule has 0 saturated carbocycles. The Morgan fingerprint density at radius 3 is 2.65 bits per heavy atom. The van der Waals surface area contributed by atoms with Crippen LogP contribution in [0.25, 0.3) is 0 Å². The number of aromatic nitrogens is 1. The minimum Gasteiger partial charge on any atom is -0.478 e. The molecular formula is C15H15BrN2O2. The molecule has 1 atom stereocenters. The minimum absolute atomic E-state index is 0.198. The van der Waals surface area contributed by atoms with E-state index in [0.29, 0.717) is 6.54 Å². The number of carboxylic acid groups (broad SMARTS) is 1. The Morgan fingerprint density at radius 2 is 2.05 bits per heavy atom. The maximum atomic E-state index is 10.9. The Bertz CT molecular complexity index is 602. The average Bonchev–Trinajstić information content (AvgIpc) is 2.46. The fourth-order valence-electron chi connectivity index (χ4n) is 1.86. The molecule has 0 amide bonds. The summed E-state index contributed by atoms with van der Waals surface area (Å²) in [5.74, 6) is -0.921. The molecule has 0 spiro atoms. The molecule has 0 unspecified atom stereocenters. The summed E-state index contributed by atoms with van der Waals surface area (Å²) in [4.78, 5) is 14.9. The van der Waals surface area contributed by atoms with Gasteiger partial charge in [-0.05, 0) is 42.3 Å². The molecule has 2 rings (SSSR count). The molecule has 0 aliphatic heterocycles. The van der Waals surface area contributed by atoms with Crippen LogP contribution >= 0.6 is 15.9 Å². The molecule has 104 valence electrons. The number of nitrogens with zero attached hydrogens (tertiary/aromatic N) is 1. The third kappa shape index (κ3) is 3.65. The van der Waals surface area contributed by atoms with Crippen molar-refractivity contribution >= 4 is 21.9 Å². The van der Waals surface area contributed by atoms with E-state index in [2.05, 4.69) is 33.2 Å². The van der Waals surface area contributed by atoms with Gasteiger partial charge in [-0.1, -0.05) is 22.0 Å². The number of halogens is 1. The van der Waals surface area contributed by atoms with Crippen LogP contribution in [0.1, 0.15) is 34.5 Å². The van der Waals surface area contributed by atoms with E-state index in [0.717, 1.165) is 10.0 Å². The third-order valence-electron chi connectivity index (χ3n) is 3.10. The van der Waals surface area contributed by atoms with Crippen LogP contribution in [-0.4, -0.2) is 16.1 Å². The number of rotatable bonds is 5. The predicted molar refractivity (Wildman–Crippen MR) is 80.6 cm³/mol. The maximum Gasteiger partial charge on any atom is 0.335 e. The first-order valence-electron chi connectivity index (χ1n) is 6.23. The van der Waals surface area contributed by atoms with Gasteiger partial charge >= 0.3 is 5.97 Å².